The predicted octanol–water partition coefficient (Wildman–Crippen LogP) is 1.95. The Bertz CT molecular complexity index is 562. The molecule has 2 unspecified atom stereocenters. The van der Waals surface area contributed by atoms with E-state index in [1.165, 1.54) is 5.56 Å². The largest absolute Gasteiger partial charge is 0.497 e. The van der Waals surface area contributed by atoms with Crippen LogP contribution in [0, 0.1) is 0 Å². The van der Waals surface area contributed by atoms with Crippen LogP contribution in [0.2, 0.25) is 0 Å². The molecule has 0 aliphatic rings. The molecule has 1 aromatic heterocycles. The second kappa shape index (κ2) is 6.74. The van der Waals surface area contributed by atoms with E-state index in [1.807, 2.05) is 43.2 Å². The van der Waals surface area contributed by atoms with Crippen molar-refractivity contribution in [2.24, 2.45) is 12.8 Å². The lowest BCUT2D eigenvalue weighted by atomic mass is 10.0. The van der Waals surface area contributed by atoms with Gasteiger partial charge in [-0.3, -0.25) is 9.58 Å². The van der Waals surface area contributed by atoms with Gasteiger partial charge in [-0.25, -0.2) is 0 Å². The number of benzene rings is 1. The average Bonchev–Trinajstić information content (AvgIpc) is 2.85. The van der Waals surface area contributed by atoms with Gasteiger partial charge >= 0.3 is 0 Å². The highest BCUT2D eigenvalue weighted by Gasteiger charge is 2.22. The van der Waals surface area contributed by atoms with E-state index < -0.39 is 0 Å². The molecule has 0 radical (unpaired) electrons. The number of nitrogens with two attached hydrogens (primary N) is 1. The summed E-state index contributed by atoms with van der Waals surface area (Å²) in [5.74, 6) is 0.873. The van der Waals surface area contributed by atoms with E-state index in [4.69, 9.17) is 10.5 Å². The van der Waals surface area contributed by atoms with Crippen LogP contribution in [-0.2, 0) is 13.6 Å². The van der Waals surface area contributed by atoms with Crippen molar-refractivity contribution in [3.63, 3.8) is 0 Å². The second-order valence-electron chi connectivity index (χ2n) is 5.51. The maximum absolute atomic E-state index is 6.18. The van der Waals surface area contributed by atoms with Crippen LogP contribution in [0.15, 0.2) is 36.7 Å². The SMILES string of the molecule is COc1ccc(CN(C)C(c2cnn(C)c2)C(C)N)cc1. The number of ether oxygens (including phenoxy) is 1. The van der Waals surface area contributed by atoms with Crippen molar-refractivity contribution in [1.29, 1.82) is 0 Å². The minimum atomic E-state index is 0.0254. The molecule has 21 heavy (non-hydrogen) atoms. The Hall–Kier alpha value is -1.85. The third kappa shape index (κ3) is 3.83. The van der Waals surface area contributed by atoms with E-state index in [0.717, 1.165) is 17.9 Å². The van der Waals surface area contributed by atoms with Gasteiger partial charge in [0.1, 0.15) is 5.75 Å². The number of hydrogen-bond donors (Lipinski definition) is 1. The Labute approximate surface area is 126 Å². The predicted molar refractivity (Wildman–Crippen MR) is 84.1 cm³/mol. The van der Waals surface area contributed by atoms with Gasteiger partial charge in [0.05, 0.1) is 19.3 Å². The molecular weight excluding hydrogens is 264 g/mol. The highest BCUT2D eigenvalue weighted by molar-refractivity contribution is 5.27. The minimum absolute atomic E-state index is 0.0254. The van der Waals surface area contributed by atoms with E-state index in [9.17, 15) is 0 Å². The second-order valence-corrected chi connectivity index (χ2v) is 5.51. The molecule has 0 aliphatic carbocycles. The summed E-state index contributed by atoms with van der Waals surface area (Å²) in [5, 5.41) is 4.25. The molecule has 0 saturated carbocycles. The number of aryl methyl sites for hydroxylation is 1. The molecule has 0 aliphatic heterocycles. The molecule has 5 heteroatoms. The highest BCUT2D eigenvalue weighted by atomic mass is 16.5. The summed E-state index contributed by atoms with van der Waals surface area (Å²) in [7, 11) is 5.69. The monoisotopic (exact) mass is 288 g/mol. The normalized spacial score (nSPS) is 14.2. The fourth-order valence-corrected chi connectivity index (χ4v) is 2.67. The van der Waals surface area contributed by atoms with E-state index in [2.05, 4.69) is 29.2 Å². The van der Waals surface area contributed by atoms with Crippen molar-refractivity contribution in [3.05, 3.63) is 47.8 Å². The molecular formula is C16H24N4O. The van der Waals surface area contributed by atoms with Crippen molar-refractivity contribution in [2.75, 3.05) is 14.2 Å². The summed E-state index contributed by atoms with van der Waals surface area (Å²) >= 11 is 0. The van der Waals surface area contributed by atoms with Crippen molar-refractivity contribution < 1.29 is 4.74 Å². The molecule has 114 valence electrons. The van der Waals surface area contributed by atoms with Gasteiger partial charge in [-0.1, -0.05) is 12.1 Å². The molecule has 2 atom stereocenters. The Morgan fingerprint density at radius 1 is 1.33 bits per heavy atom. The van der Waals surface area contributed by atoms with Gasteiger partial charge < -0.3 is 10.5 Å². The smallest absolute Gasteiger partial charge is 0.118 e. The maximum Gasteiger partial charge on any atom is 0.118 e. The first-order valence-corrected chi connectivity index (χ1v) is 7.08. The van der Waals surface area contributed by atoms with Crippen LogP contribution in [0.4, 0.5) is 0 Å². The lowest BCUT2D eigenvalue weighted by Gasteiger charge is -2.30. The maximum atomic E-state index is 6.18. The molecule has 2 aromatic rings. The van der Waals surface area contributed by atoms with Crippen LogP contribution in [0.5, 0.6) is 5.75 Å². The van der Waals surface area contributed by atoms with Crippen LogP contribution in [0.3, 0.4) is 0 Å². The molecule has 2 N–H and O–H groups in total. The van der Waals surface area contributed by atoms with E-state index in [1.54, 1.807) is 7.11 Å². The zero-order chi connectivity index (χ0) is 15.4. The van der Waals surface area contributed by atoms with Crippen LogP contribution in [-0.4, -0.2) is 34.9 Å². The molecule has 0 saturated heterocycles. The molecule has 0 fully saturated rings. The zero-order valence-electron chi connectivity index (χ0n) is 13.2. The topological polar surface area (TPSA) is 56.3 Å². The number of likely N-dealkylation sites (N-methyl/N-ethyl adjacent to an activating group) is 1. The zero-order valence-corrected chi connectivity index (χ0v) is 13.2. The summed E-state index contributed by atoms with van der Waals surface area (Å²) in [4.78, 5) is 2.25. The fraction of sp³-hybridized carbons (Fsp3) is 0.438. The first-order valence-electron chi connectivity index (χ1n) is 7.08. The third-order valence-corrected chi connectivity index (χ3v) is 3.63. The van der Waals surface area contributed by atoms with Gasteiger partial charge in [-0.05, 0) is 31.7 Å². The molecule has 1 heterocycles. The van der Waals surface area contributed by atoms with E-state index >= 15 is 0 Å². The number of rotatable bonds is 6. The summed E-state index contributed by atoms with van der Waals surface area (Å²) in [6.07, 6.45) is 3.91. The Kier molecular flexibility index (Phi) is 4.98. The number of methoxy groups -OCH3 is 1. The fourth-order valence-electron chi connectivity index (χ4n) is 2.67. The average molecular weight is 288 g/mol. The van der Waals surface area contributed by atoms with E-state index in [0.29, 0.717) is 0 Å². The third-order valence-electron chi connectivity index (χ3n) is 3.63. The van der Waals surface area contributed by atoms with Crippen molar-refractivity contribution in [1.82, 2.24) is 14.7 Å². The summed E-state index contributed by atoms with van der Waals surface area (Å²) in [6.45, 7) is 2.85. The van der Waals surface area contributed by atoms with Crippen LogP contribution in [0.25, 0.3) is 0 Å². The van der Waals surface area contributed by atoms with Crippen molar-refractivity contribution in [3.8, 4) is 5.75 Å². The summed E-state index contributed by atoms with van der Waals surface area (Å²) in [5.41, 5.74) is 8.55. The van der Waals surface area contributed by atoms with Crippen molar-refractivity contribution >= 4 is 0 Å². The highest BCUT2D eigenvalue weighted by Crippen LogP contribution is 2.24. The Morgan fingerprint density at radius 2 is 2.00 bits per heavy atom. The molecule has 1 aromatic carbocycles. The first-order chi connectivity index (χ1) is 10.0. The Morgan fingerprint density at radius 3 is 2.48 bits per heavy atom. The standard InChI is InChI=1S/C16H24N4O/c1-12(17)16(14-9-18-20(3)11-14)19(2)10-13-5-7-15(21-4)8-6-13/h5-9,11-12,16H,10,17H2,1-4H3. The van der Waals surface area contributed by atoms with Gasteiger partial charge in [0, 0.05) is 31.4 Å². The Balaban J connectivity index is 2.13. The van der Waals surface area contributed by atoms with Gasteiger partial charge in [0.15, 0.2) is 0 Å². The number of hydrogen-bond acceptors (Lipinski definition) is 4. The summed E-state index contributed by atoms with van der Waals surface area (Å²) in [6, 6.07) is 8.29. The lowest BCUT2D eigenvalue weighted by Crippen LogP contribution is -2.36. The molecule has 2 rings (SSSR count). The molecule has 0 spiro atoms. The van der Waals surface area contributed by atoms with Crippen LogP contribution >= 0.6 is 0 Å². The van der Waals surface area contributed by atoms with Gasteiger partial charge in [-0.15, -0.1) is 0 Å². The molecule has 0 bridgehead atoms. The molecule has 5 nitrogen and oxygen atoms in total. The van der Waals surface area contributed by atoms with Crippen LogP contribution < -0.4 is 10.5 Å². The first kappa shape index (κ1) is 15.5. The molecule has 0 amide bonds. The minimum Gasteiger partial charge on any atom is -0.497 e. The quantitative estimate of drug-likeness (QED) is 0.882. The van der Waals surface area contributed by atoms with Crippen LogP contribution in [0.1, 0.15) is 24.1 Å². The van der Waals surface area contributed by atoms with Gasteiger partial charge in [-0.2, -0.15) is 5.10 Å². The van der Waals surface area contributed by atoms with Gasteiger partial charge in [0.25, 0.3) is 0 Å². The number of nitrogens with zero attached hydrogens (tertiary/aromatic N) is 3. The number of aromatic nitrogens is 2. The van der Waals surface area contributed by atoms with Crippen molar-refractivity contribution in [2.45, 2.75) is 25.6 Å². The lowest BCUT2D eigenvalue weighted by molar-refractivity contribution is 0.211. The van der Waals surface area contributed by atoms with Gasteiger partial charge in [0.2, 0.25) is 0 Å². The van der Waals surface area contributed by atoms with E-state index in [-0.39, 0.29) is 12.1 Å². The summed E-state index contributed by atoms with van der Waals surface area (Å²) < 4.78 is 7.00.